The fourth-order valence-corrected chi connectivity index (χ4v) is 4.95. The van der Waals surface area contributed by atoms with E-state index in [0.29, 0.717) is 6.04 Å². The van der Waals surface area contributed by atoms with Crippen LogP contribution >= 0.6 is 0 Å². The minimum absolute atomic E-state index is 0.190. The summed E-state index contributed by atoms with van der Waals surface area (Å²) in [6.07, 6.45) is 1.92. The number of methoxy groups -OCH3 is 1. The van der Waals surface area contributed by atoms with Crippen LogP contribution in [0.5, 0.6) is 5.75 Å². The first-order chi connectivity index (χ1) is 15.8. The lowest BCUT2D eigenvalue weighted by molar-refractivity contribution is 0.0731. The molecule has 0 bridgehead atoms. The molecule has 1 heterocycles. The minimum atomic E-state index is 0.190. The van der Waals surface area contributed by atoms with Crippen LogP contribution in [0.3, 0.4) is 0 Å². The van der Waals surface area contributed by atoms with Crippen LogP contribution in [0.1, 0.15) is 57.6 Å². The third-order valence-corrected chi connectivity index (χ3v) is 7.45. The summed E-state index contributed by atoms with van der Waals surface area (Å²) in [6.45, 7) is 11.1. The number of hydrogen-bond donors (Lipinski definition) is 0. The van der Waals surface area contributed by atoms with Gasteiger partial charge in [-0.05, 0) is 104 Å². The largest absolute Gasteiger partial charge is 0.496 e. The van der Waals surface area contributed by atoms with Gasteiger partial charge in [-0.25, -0.2) is 0 Å². The van der Waals surface area contributed by atoms with E-state index in [1.54, 1.807) is 7.11 Å². The number of rotatable bonds is 7. The van der Waals surface area contributed by atoms with Gasteiger partial charge in [0.05, 0.1) is 7.11 Å². The third kappa shape index (κ3) is 4.63. The molecule has 1 atom stereocenters. The quantitative estimate of drug-likeness (QED) is 0.458. The first-order valence-electron chi connectivity index (χ1n) is 12.0. The van der Waals surface area contributed by atoms with Gasteiger partial charge in [0.2, 0.25) is 0 Å². The molecule has 1 unspecified atom stereocenters. The fourth-order valence-electron chi connectivity index (χ4n) is 4.95. The second-order valence-electron chi connectivity index (χ2n) is 9.52. The standard InChI is InChI=1S/C29H36N2O2/c1-19-16-25-12-15-31(29(32)27(25)17-20(19)2)14-7-13-30(5)22(4)23-8-10-26-21(3)28(33-6)11-9-24(26)18-23/h8-11,16-18,22H,7,12-15H2,1-6H3. The van der Waals surface area contributed by atoms with Crippen LogP contribution in [0.15, 0.2) is 42.5 Å². The van der Waals surface area contributed by atoms with Gasteiger partial charge in [-0.15, -0.1) is 0 Å². The van der Waals surface area contributed by atoms with Crippen molar-refractivity contribution in [3.63, 3.8) is 0 Å². The molecule has 1 aliphatic heterocycles. The lowest BCUT2D eigenvalue weighted by Gasteiger charge is -2.31. The highest BCUT2D eigenvalue weighted by Gasteiger charge is 2.24. The van der Waals surface area contributed by atoms with E-state index in [9.17, 15) is 4.79 Å². The molecule has 0 N–H and O–H groups in total. The Balaban J connectivity index is 1.37. The van der Waals surface area contributed by atoms with Gasteiger partial charge in [-0.3, -0.25) is 9.69 Å². The van der Waals surface area contributed by atoms with Crippen molar-refractivity contribution in [1.29, 1.82) is 0 Å². The van der Waals surface area contributed by atoms with E-state index < -0.39 is 0 Å². The van der Waals surface area contributed by atoms with Crippen molar-refractivity contribution in [2.45, 2.75) is 46.6 Å². The third-order valence-electron chi connectivity index (χ3n) is 7.45. The summed E-state index contributed by atoms with van der Waals surface area (Å²) in [4.78, 5) is 17.4. The molecule has 4 nitrogen and oxygen atoms in total. The summed E-state index contributed by atoms with van der Waals surface area (Å²) < 4.78 is 5.47. The Kier molecular flexibility index (Phi) is 6.76. The van der Waals surface area contributed by atoms with Crippen molar-refractivity contribution in [2.24, 2.45) is 0 Å². The number of benzene rings is 3. The maximum atomic E-state index is 13.0. The van der Waals surface area contributed by atoms with Gasteiger partial charge in [0, 0.05) is 31.2 Å². The van der Waals surface area contributed by atoms with Gasteiger partial charge in [0.15, 0.2) is 0 Å². The number of aryl methyl sites for hydroxylation is 3. The maximum Gasteiger partial charge on any atom is 0.254 e. The van der Waals surface area contributed by atoms with Crippen LogP contribution in [-0.4, -0.2) is 49.5 Å². The topological polar surface area (TPSA) is 32.8 Å². The van der Waals surface area contributed by atoms with E-state index >= 15 is 0 Å². The van der Waals surface area contributed by atoms with Crippen LogP contribution in [0, 0.1) is 20.8 Å². The average molecular weight is 445 g/mol. The first-order valence-corrected chi connectivity index (χ1v) is 12.0. The highest BCUT2D eigenvalue weighted by Crippen LogP contribution is 2.30. The van der Waals surface area contributed by atoms with E-state index in [-0.39, 0.29) is 5.91 Å². The lowest BCUT2D eigenvalue weighted by Crippen LogP contribution is -2.39. The molecule has 4 rings (SSSR count). The zero-order chi connectivity index (χ0) is 23.7. The summed E-state index contributed by atoms with van der Waals surface area (Å²) in [5.41, 5.74) is 7.06. The number of amides is 1. The molecule has 0 aromatic heterocycles. The van der Waals surface area contributed by atoms with Crippen molar-refractivity contribution in [3.8, 4) is 5.75 Å². The lowest BCUT2D eigenvalue weighted by atomic mass is 9.94. The van der Waals surface area contributed by atoms with E-state index in [0.717, 1.165) is 43.8 Å². The molecule has 4 heteroatoms. The van der Waals surface area contributed by atoms with Crippen molar-refractivity contribution in [2.75, 3.05) is 33.8 Å². The normalized spacial score (nSPS) is 14.6. The Hall–Kier alpha value is -2.85. The van der Waals surface area contributed by atoms with Gasteiger partial charge < -0.3 is 9.64 Å². The van der Waals surface area contributed by atoms with Crippen LogP contribution in [0.2, 0.25) is 0 Å². The monoisotopic (exact) mass is 444 g/mol. The van der Waals surface area contributed by atoms with Crippen molar-refractivity contribution < 1.29 is 9.53 Å². The predicted octanol–water partition coefficient (Wildman–Crippen LogP) is 5.86. The van der Waals surface area contributed by atoms with E-state index in [1.165, 1.54) is 38.6 Å². The summed E-state index contributed by atoms with van der Waals surface area (Å²) in [6, 6.07) is 15.5. The van der Waals surface area contributed by atoms with Crippen molar-refractivity contribution in [3.05, 3.63) is 75.8 Å². The second-order valence-corrected chi connectivity index (χ2v) is 9.52. The SMILES string of the molecule is COc1ccc2cc(C(C)N(C)CCCN3CCc4cc(C)c(C)cc4C3=O)ccc2c1C. The number of fused-ring (bicyclic) bond motifs is 2. The summed E-state index contributed by atoms with van der Waals surface area (Å²) >= 11 is 0. The number of carbonyl (C=O) groups is 1. The highest BCUT2D eigenvalue weighted by molar-refractivity contribution is 5.97. The molecule has 33 heavy (non-hydrogen) atoms. The molecule has 174 valence electrons. The molecule has 1 aliphatic rings. The summed E-state index contributed by atoms with van der Waals surface area (Å²) in [7, 11) is 3.89. The first kappa shape index (κ1) is 23.3. The van der Waals surface area contributed by atoms with E-state index in [1.807, 2.05) is 11.0 Å². The molecule has 0 spiro atoms. The molecule has 0 radical (unpaired) electrons. The molecule has 0 saturated heterocycles. The summed E-state index contributed by atoms with van der Waals surface area (Å²) in [5.74, 6) is 1.12. The van der Waals surface area contributed by atoms with Gasteiger partial charge >= 0.3 is 0 Å². The zero-order valence-corrected chi connectivity index (χ0v) is 20.9. The van der Waals surface area contributed by atoms with E-state index in [4.69, 9.17) is 4.74 Å². The van der Waals surface area contributed by atoms with Crippen LogP contribution in [0.25, 0.3) is 10.8 Å². The van der Waals surface area contributed by atoms with Crippen molar-refractivity contribution in [1.82, 2.24) is 9.80 Å². The maximum absolute atomic E-state index is 13.0. The molecule has 0 aliphatic carbocycles. The number of ether oxygens (including phenoxy) is 1. The fraction of sp³-hybridized carbons (Fsp3) is 0.414. The molecule has 3 aromatic rings. The van der Waals surface area contributed by atoms with Crippen LogP contribution < -0.4 is 4.74 Å². The molecule has 0 saturated carbocycles. The average Bonchev–Trinajstić information content (AvgIpc) is 2.81. The van der Waals surface area contributed by atoms with Gasteiger partial charge in [-0.1, -0.05) is 24.3 Å². The predicted molar refractivity (Wildman–Crippen MR) is 136 cm³/mol. The second kappa shape index (κ2) is 9.56. The van der Waals surface area contributed by atoms with Gasteiger partial charge in [0.25, 0.3) is 5.91 Å². The highest BCUT2D eigenvalue weighted by atomic mass is 16.5. The summed E-state index contributed by atoms with van der Waals surface area (Å²) in [5, 5.41) is 2.48. The molecule has 0 fully saturated rings. The molecular formula is C29H36N2O2. The number of hydrogen-bond acceptors (Lipinski definition) is 3. The smallest absolute Gasteiger partial charge is 0.254 e. The van der Waals surface area contributed by atoms with Crippen molar-refractivity contribution >= 4 is 16.7 Å². The Morgan fingerprint density at radius 2 is 1.82 bits per heavy atom. The molecule has 3 aromatic carbocycles. The van der Waals surface area contributed by atoms with E-state index in [2.05, 4.69) is 76.0 Å². The number of carbonyl (C=O) groups excluding carboxylic acids is 1. The Morgan fingerprint density at radius 3 is 2.58 bits per heavy atom. The van der Waals surface area contributed by atoms with Crippen LogP contribution in [0.4, 0.5) is 0 Å². The Morgan fingerprint density at radius 1 is 1.06 bits per heavy atom. The number of nitrogens with zero attached hydrogens (tertiary/aromatic N) is 2. The van der Waals surface area contributed by atoms with Gasteiger partial charge in [-0.2, -0.15) is 0 Å². The zero-order valence-electron chi connectivity index (χ0n) is 20.9. The minimum Gasteiger partial charge on any atom is -0.496 e. The molecular weight excluding hydrogens is 408 g/mol. The Bertz CT molecular complexity index is 1180. The van der Waals surface area contributed by atoms with Crippen LogP contribution in [-0.2, 0) is 6.42 Å². The molecule has 1 amide bonds. The van der Waals surface area contributed by atoms with Gasteiger partial charge in [0.1, 0.15) is 5.75 Å². The Labute approximate surface area is 198 Å².